The molecule has 0 bridgehead atoms. The Labute approximate surface area is 131 Å². The molecule has 1 heterocycles. The van der Waals surface area contributed by atoms with Crippen molar-refractivity contribution in [3.8, 4) is 0 Å². The summed E-state index contributed by atoms with van der Waals surface area (Å²) in [5, 5.41) is 14.1. The molecular weight excluding hydrogens is 296 g/mol. The molecule has 0 saturated heterocycles. The number of carbonyl (C=O) groups is 1. The molecule has 2 aromatic carbocycles. The Morgan fingerprint density at radius 3 is 2.65 bits per heavy atom. The predicted molar refractivity (Wildman–Crippen MR) is 86.7 cm³/mol. The van der Waals surface area contributed by atoms with Crippen LogP contribution < -0.4 is 5.32 Å². The molecule has 0 radical (unpaired) electrons. The van der Waals surface area contributed by atoms with Crippen molar-refractivity contribution in [3.63, 3.8) is 0 Å². The zero-order chi connectivity index (χ0) is 16.6. The highest BCUT2D eigenvalue weighted by Crippen LogP contribution is 2.27. The van der Waals surface area contributed by atoms with Crippen molar-refractivity contribution in [1.29, 1.82) is 0 Å². The fraction of sp³-hybridized carbons (Fsp3) is 0.118. The average Bonchev–Trinajstić information content (AvgIpc) is 2.93. The van der Waals surface area contributed by atoms with E-state index in [-0.39, 0.29) is 17.2 Å². The van der Waals surface area contributed by atoms with Gasteiger partial charge in [-0.2, -0.15) is 0 Å². The van der Waals surface area contributed by atoms with E-state index in [9.17, 15) is 14.9 Å². The zero-order valence-corrected chi connectivity index (χ0v) is 12.6. The van der Waals surface area contributed by atoms with Crippen molar-refractivity contribution in [2.75, 3.05) is 5.32 Å². The van der Waals surface area contributed by atoms with Gasteiger partial charge >= 0.3 is 0 Å². The lowest BCUT2D eigenvalue weighted by atomic mass is 10.1. The molecule has 116 valence electrons. The van der Waals surface area contributed by atoms with Crippen LogP contribution >= 0.6 is 0 Å². The molecule has 23 heavy (non-hydrogen) atoms. The second-order valence-corrected chi connectivity index (χ2v) is 5.36. The maximum Gasteiger partial charge on any atom is 0.270 e. The summed E-state index contributed by atoms with van der Waals surface area (Å²) in [5.74, 6) is -0.365. The van der Waals surface area contributed by atoms with Crippen molar-refractivity contribution >= 4 is 28.3 Å². The van der Waals surface area contributed by atoms with Gasteiger partial charge in [-0.1, -0.05) is 17.7 Å². The van der Waals surface area contributed by atoms with E-state index < -0.39 is 4.92 Å². The first-order valence-electron chi connectivity index (χ1n) is 7.00. The van der Waals surface area contributed by atoms with Crippen LogP contribution in [0, 0.1) is 24.0 Å². The van der Waals surface area contributed by atoms with E-state index in [0.717, 1.165) is 11.1 Å². The Balaban J connectivity index is 1.97. The number of hydrogen-bond acceptors (Lipinski definition) is 4. The van der Waals surface area contributed by atoms with E-state index in [1.165, 1.54) is 24.5 Å². The first kappa shape index (κ1) is 14.8. The molecule has 0 fully saturated rings. The fourth-order valence-electron chi connectivity index (χ4n) is 2.45. The Morgan fingerprint density at radius 2 is 1.96 bits per heavy atom. The van der Waals surface area contributed by atoms with E-state index in [1.54, 1.807) is 0 Å². The van der Waals surface area contributed by atoms with Gasteiger partial charge in [-0.15, -0.1) is 0 Å². The molecule has 0 spiro atoms. The van der Waals surface area contributed by atoms with E-state index in [4.69, 9.17) is 4.42 Å². The summed E-state index contributed by atoms with van der Waals surface area (Å²) >= 11 is 0. The Bertz CT molecular complexity index is 927. The second kappa shape index (κ2) is 5.57. The number of nitrogens with zero attached hydrogens (tertiary/aromatic N) is 1. The number of carbonyl (C=O) groups excluding carboxylic acids is 1. The van der Waals surface area contributed by atoms with Gasteiger partial charge in [-0.3, -0.25) is 14.9 Å². The lowest BCUT2D eigenvalue weighted by molar-refractivity contribution is -0.384. The highest BCUT2D eigenvalue weighted by Gasteiger charge is 2.17. The van der Waals surface area contributed by atoms with Gasteiger partial charge < -0.3 is 9.73 Å². The van der Waals surface area contributed by atoms with Gasteiger partial charge in [0.2, 0.25) is 0 Å². The van der Waals surface area contributed by atoms with Crippen LogP contribution in [0.2, 0.25) is 0 Å². The molecule has 0 aliphatic rings. The molecule has 0 aliphatic carbocycles. The highest BCUT2D eigenvalue weighted by molar-refractivity contribution is 6.12. The van der Waals surface area contributed by atoms with Crippen LogP contribution in [-0.2, 0) is 0 Å². The fourth-order valence-corrected chi connectivity index (χ4v) is 2.45. The molecule has 1 amide bonds. The summed E-state index contributed by atoms with van der Waals surface area (Å²) in [6.07, 6.45) is 1.31. The van der Waals surface area contributed by atoms with Crippen LogP contribution in [0.15, 0.2) is 47.1 Å². The molecule has 6 nitrogen and oxygen atoms in total. The number of non-ortho nitro benzene ring substituents is 1. The van der Waals surface area contributed by atoms with Gasteiger partial charge in [0.15, 0.2) is 0 Å². The van der Waals surface area contributed by atoms with Crippen molar-refractivity contribution in [2.45, 2.75) is 13.8 Å². The topological polar surface area (TPSA) is 85.4 Å². The van der Waals surface area contributed by atoms with Crippen molar-refractivity contribution in [2.24, 2.45) is 0 Å². The van der Waals surface area contributed by atoms with Gasteiger partial charge in [0.1, 0.15) is 11.8 Å². The molecule has 3 rings (SSSR count). The summed E-state index contributed by atoms with van der Waals surface area (Å²) in [4.78, 5) is 22.9. The van der Waals surface area contributed by atoms with Crippen LogP contribution in [0.4, 0.5) is 11.4 Å². The van der Waals surface area contributed by atoms with Gasteiger partial charge in [0.05, 0.1) is 10.5 Å². The number of anilines is 1. The molecule has 1 aromatic heterocycles. The van der Waals surface area contributed by atoms with E-state index >= 15 is 0 Å². The van der Waals surface area contributed by atoms with Gasteiger partial charge in [0, 0.05) is 23.2 Å². The average molecular weight is 310 g/mol. The summed E-state index contributed by atoms with van der Waals surface area (Å²) < 4.78 is 5.31. The number of furan rings is 1. The molecule has 0 atom stereocenters. The summed E-state index contributed by atoms with van der Waals surface area (Å²) in [5.41, 5.74) is 3.35. The number of amides is 1. The quantitative estimate of drug-likeness (QED) is 0.580. The van der Waals surface area contributed by atoms with E-state index in [2.05, 4.69) is 5.32 Å². The molecule has 0 saturated carbocycles. The molecular formula is C17H14N2O4. The van der Waals surface area contributed by atoms with Crippen LogP contribution in [0.1, 0.15) is 21.5 Å². The maximum absolute atomic E-state index is 12.5. The number of hydrogen-bond donors (Lipinski definition) is 1. The van der Waals surface area contributed by atoms with Crippen LogP contribution in [0.25, 0.3) is 11.0 Å². The highest BCUT2D eigenvalue weighted by atomic mass is 16.6. The Morgan fingerprint density at radius 1 is 1.17 bits per heavy atom. The smallest absolute Gasteiger partial charge is 0.270 e. The maximum atomic E-state index is 12.5. The number of rotatable bonds is 3. The molecule has 6 heteroatoms. The van der Waals surface area contributed by atoms with Crippen LogP contribution in [0.5, 0.6) is 0 Å². The standard InChI is InChI=1S/C17H14N2O4/c1-10-3-5-15(11(2)7-10)18-17(20)14-9-23-16-6-4-12(19(21)22)8-13(14)16/h3-9H,1-2H3,(H,18,20). The normalized spacial score (nSPS) is 10.7. The first-order chi connectivity index (χ1) is 11.0. The molecule has 3 aromatic rings. The Kier molecular flexibility index (Phi) is 3.57. The third-order valence-corrected chi connectivity index (χ3v) is 3.64. The lowest BCUT2D eigenvalue weighted by Gasteiger charge is -2.08. The molecule has 0 aliphatic heterocycles. The largest absolute Gasteiger partial charge is 0.463 e. The van der Waals surface area contributed by atoms with Crippen LogP contribution in [0.3, 0.4) is 0 Å². The van der Waals surface area contributed by atoms with Gasteiger partial charge in [0.25, 0.3) is 11.6 Å². The second-order valence-electron chi connectivity index (χ2n) is 5.36. The summed E-state index contributed by atoms with van der Waals surface area (Å²) in [6.45, 7) is 3.88. The minimum absolute atomic E-state index is 0.0838. The van der Waals surface area contributed by atoms with Crippen molar-refractivity contribution < 1.29 is 14.1 Å². The van der Waals surface area contributed by atoms with E-state index in [1.807, 2.05) is 32.0 Å². The van der Waals surface area contributed by atoms with E-state index in [0.29, 0.717) is 16.7 Å². The Hall–Kier alpha value is -3.15. The number of nitro groups is 1. The summed E-state index contributed by atoms with van der Waals surface area (Å²) in [6, 6.07) is 9.87. The SMILES string of the molecule is Cc1ccc(NC(=O)c2coc3ccc([N+](=O)[O-])cc23)c(C)c1. The number of benzene rings is 2. The van der Waals surface area contributed by atoms with Crippen LogP contribution in [-0.4, -0.2) is 10.8 Å². The lowest BCUT2D eigenvalue weighted by Crippen LogP contribution is -2.12. The minimum Gasteiger partial charge on any atom is -0.463 e. The number of nitro benzene ring substituents is 1. The van der Waals surface area contributed by atoms with Crippen molar-refractivity contribution in [3.05, 3.63) is 69.5 Å². The minimum atomic E-state index is -0.502. The predicted octanol–water partition coefficient (Wildman–Crippen LogP) is 4.21. The zero-order valence-electron chi connectivity index (χ0n) is 12.6. The first-order valence-corrected chi connectivity index (χ1v) is 7.00. The monoisotopic (exact) mass is 310 g/mol. The third-order valence-electron chi connectivity index (χ3n) is 3.64. The number of fused-ring (bicyclic) bond motifs is 1. The molecule has 1 N–H and O–H groups in total. The van der Waals surface area contributed by atoms with Gasteiger partial charge in [-0.25, -0.2) is 0 Å². The number of aryl methyl sites for hydroxylation is 2. The van der Waals surface area contributed by atoms with Crippen molar-refractivity contribution in [1.82, 2.24) is 0 Å². The summed E-state index contributed by atoms with van der Waals surface area (Å²) in [7, 11) is 0. The molecule has 0 unspecified atom stereocenters. The third kappa shape index (κ3) is 2.78. The van der Waals surface area contributed by atoms with Gasteiger partial charge in [-0.05, 0) is 31.5 Å². The number of nitrogens with one attached hydrogen (secondary N) is 1.